The van der Waals surface area contributed by atoms with E-state index in [1.165, 1.54) is 18.3 Å². The predicted octanol–water partition coefficient (Wildman–Crippen LogP) is 4.15. The number of non-ortho nitro benzene ring substituents is 1. The topological polar surface area (TPSA) is 119 Å². The Morgan fingerprint density at radius 2 is 1.86 bits per heavy atom. The van der Waals surface area contributed by atoms with Gasteiger partial charge in [-0.3, -0.25) is 10.1 Å². The third kappa shape index (κ3) is 4.30. The molecule has 0 aliphatic heterocycles. The molecule has 0 fully saturated rings. The summed E-state index contributed by atoms with van der Waals surface area (Å²) in [5, 5.41) is 22.8. The number of rotatable bonds is 6. The summed E-state index contributed by atoms with van der Waals surface area (Å²) in [6.45, 7) is 0. The first-order chi connectivity index (χ1) is 14.2. The Morgan fingerprint density at radius 1 is 1.03 bits per heavy atom. The molecule has 0 saturated heterocycles. The van der Waals surface area contributed by atoms with E-state index in [2.05, 4.69) is 25.7 Å². The molecule has 0 unspecified atom stereocenters. The average Bonchev–Trinajstić information content (AvgIpc) is 3.24. The Bertz CT molecular complexity index is 1170. The lowest BCUT2D eigenvalue weighted by Gasteiger charge is -2.01. The van der Waals surface area contributed by atoms with Crippen LogP contribution in [0.5, 0.6) is 0 Å². The van der Waals surface area contributed by atoms with E-state index in [9.17, 15) is 10.1 Å². The SMILES string of the molecule is O=[N+]([O-])c1cccc(-c2ccc(/C=N/Nc3nncc(-c4ccccc4)n3)o2)c1. The highest BCUT2D eigenvalue weighted by Crippen LogP contribution is 2.25. The van der Waals surface area contributed by atoms with E-state index in [1.54, 1.807) is 30.5 Å². The van der Waals surface area contributed by atoms with Crippen molar-refractivity contribution in [3.05, 3.63) is 88.8 Å². The predicted molar refractivity (Wildman–Crippen MR) is 107 cm³/mol. The Balaban J connectivity index is 1.46. The first-order valence-corrected chi connectivity index (χ1v) is 8.58. The molecular weight excluding hydrogens is 372 g/mol. The van der Waals surface area contributed by atoms with Crippen LogP contribution in [-0.2, 0) is 0 Å². The van der Waals surface area contributed by atoms with Gasteiger partial charge in [0, 0.05) is 23.3 Å². The lowest BCUT2D eigenvalue weighted by Crippen LogP contribution is -1.99. The van der Waals surface area contributed by atoms with Gasteiger partial charge in [-0.05, 0) is 12.1 Å². The first-order valence-electron chi connectivity index (χ1n) is 8.58. The van der Waals surface area contributed by atoms with Gasteiger partial charge in [0.1, 0.15) is 11.5 Å². The summed E-state index contributed by atoms with van der Waals surface area (Å²) >= 11 is 0. The molecule has 0 bridgehead atoms. The fourth-order valence-electron chi connectivity index (χ4n) is 2.60. The Labute approximate surface area is 164 Å². The summed E-state index contributed by atoms with van der Waals surface area (Å²) in [5.41, 5.74) is 4.91. The molecule has 0 amide bonds. The molecule has 0 spiro atoms. The first kappa shape index (κ1) is 18.0. The quantitative estimate of drug-likeness (QED) is 0.300. The van der Waals surface area contributed by atoms with Crippen molar-refractivity contribution < 1.29 is 9.34 Å². The fourth-order valence-corrected chi connectivity index (χ4v) is 2.60. The molecule has 0 aliphatic rings. The molecule has 9 nitrogen and oxygen atoms in total. The molecule has 1 N–H and O–H groups in total. The average molecular weight is 386 g/mol. The maximum atomic E-state index is 10.9. The highest BCUT2D eigenvalue weighted by atomic mass is 16.6. The van der Waals surface area contributed by atoms with Gasteiger partial charge in [-0.25, -0.2) is 10.4 Å². The van der Waals surface area contributed by atoms with E-state index in [4.69, 9.17) is 4.42 Å². The second-order valence-electron chi connectivity index (χ2n) is 5.91. The summed E-state index contributed by atoms with van der Waals surface area (Å²) in [5.74, 6) is 1.21. The zero-order valence-corrected chi connectivity index (χ0v) is 15.0. The number of nitrogens with zero attached hydrogens (tertiary/aromatic N) is 5. The van der Waals surface area contributed by atoms with Crippen LogP contribution in [0.25, 0.3) is 22.6 Å². The number of nitro benzene ring substituents is 1. The number of furan rings is 1. The molecule has 0 atom stereocenters. The van der Waals surface area contributed by atoms with E-state index in [0.29, 0.717) is 22.8 Å². The van der Waals surface area contributed by atoms with Crippen LogP contribution >= 0.6 is 0 Å². The van der Waals surface area contributed by atoms with Gasteiger partial charge in [-0.1, -0.05) is 42.5 Å². The number of benzene rings is 2. The molecular formula is C20H14N6O3. The summed E-state index contributed by atoms with van der Waals surface area (Å²) < 4.78 is 5.67. The third-order valence-corrected chi connectivity index (χ3v) is 3.95. The van der Waals surface area contributed by atoms with Gasteiger partial charge in [0.25, 0.3) is 11.6 Å². The zero-order valence-electron chi connectivity index (χ0n) is 15.0. The summed E-state index contributed by atoms with van der Waals surface area (Å²) in [7, 11) is 0. The molecule has 0 aliphatic carbocycles. The maximum Gasteiger partial charge on any atom is 0.270 e. The van der Waals surface area contributed by atoms with Gasteiger partial charge in [0.15, 0.2) is 0 Å². The minimum Gasteiger partial charge on any atom is -0.455 e. The van der Waals surface area contributed by atoms with Crippen LogP contribution in [-0.4, -0.2) is 26.3 Å². The van der Waals surface area contributed by atoms with E-state index in [1.807, 2.05) is 30.3 Å². The second-order valence-corrected chi connectivity index (χ2v) is 5.91. The number of aromatic nitrogens is 3. The number of nitro groups is 1. The molecule has 4 rings (SSSR count). The van der Waals surface area contributed by atoms with Crippen LogP contribution in [0.1, 0.15) is 5.76 Å². The van der Waals surface area contributed by atoms with E-state index >= 15 is 0 Å². The zero-order chi connectivity index (χ0) is 20.1. The van der Waals surface area contributed by atoms with Crippen molar-refractivity contribution in [1.82, 2.24) is 15.2 Å². The summed E-state index contributed by atoms with van der Waals surface area (Å²) in [6, 6.07) is 19.2. The van der Waals surface area contributed by atoms with Gasteiger partial charge in [0.2, 0.25) is 0 Å². The molecule has 2 aromatic carbocycles. The second kappa shape index (κ2) is 8.09. The molecule has 2 heterocycles. The van der Waals surface area contributed by atoms with Crippen molar-refractivity contribution in [1.29, 1.82) is 0 Å². The van der Waals surface area contributed by atoms with E-state index in [0.717, 1.165) is 5.56 Å². The van der Waals surface area contributed by atoms with Crippen LogP contribution in [0.4, 0.5) is 11.6 Å². The fraction of sp³-hybridized carbons (Fsp3) is 0. The van der Waals surface area contributed by atoms with Crippen LogP contribution < -0.4 is 5.43 Å². The standard InChI is InChI=1S/C20H14N6O3/c27-26(28)16-8-4-7-15(11-16)19-10-9-17(29-19)12-21-24-20-23-18(13-22-25-20)14-5-2-1-3-6-14/h1-13H,(H,23,24,25)/b21-12+. The van der Waals surface area contributed by atoms with Crippen molar-refractivity contribution in [2.75, 3.05) is 5.43 Å². The third-order valence-electron chi connectivity index (χ3n) is 3.95. The van der Waals surface area contributed by atoms with Gasteiger partial charge >= 0.3 is 0 Å². The Kier molecular flexibility index (Phi) is 5.02. The van der Waals surface area contributed by atoms with Crippen molar-refractivity contribution in [2.45, 2.75) is 0 Å². The number of hydrazone groups is 1. The van der Waals surface area contributed by atoms with E-state index < -0.39 is 4.92 Å². The molecule has 2 aromatic heterocycles. The molecule has 142 valence electrons. The van der Waals surface area contributed by atoms with Gasteiger partial charge in [-0.2, -0.15) is 10.2 Å². The summed E-state index contributed by atoms with van der Waals surface area (Å²) in [6.07, 6.45) is 3.03. The van der Waals surface area contributed by atoms with Crippen molar-refractivity contribution in [3.63, 3.8) is 0 Å². The smallest absolute Gasteiger partial charge is 0.270 e. The highest BCUT2D eigenvalue weighted by Gasteiger charge is 2.10. The maximum absolute atomic E-state index is 10.9. The van der Waals surface area contributed by atoms with Crippen LogP contribution in [0.2, 0.25) is 0 Å². The molecule has 0 saturated carbocycles. The van der Waals surface area contributed by atoms with Crippen LogP contribution in [0.15, 0.2) is 82.4 Å². The molecule has 9 heteroatoms. The van der Waals surface area contributed by atoms with Gasteiger partial charge < -0.3 is 4.42 Å². The minimum absolute atomic E-state index is 0.00118. The Hall–Kier alpha value is -4.40. The van der Waals surface area contributed by atoms with Crippen LogP contribution in [0.3, 0.4) is 0 Å². The normalized spacial score (nSPS) is 10.9. The Morgan fingerprint density at radius 3 is 2.69 bits per heavy atom. The van der Waals surface area contributed by atoms with E-state index in [-0.39, 0.29) is 11.6 Å². The molecule has 4 aromatic rings. The van der Waals surface area contributed by atoms with Gasteiger partial charge in [0.05, 0.1) is 23.0 Å². The number of hydrogen-bond donors (Lipinski definition) is 1. The summed E-state index contributed by atoms with van der Waals surface area (Å²) in [4.78, 5) is 14.8. The van der Waals surface area contributed by atoms with Crippen molar-refractivity contribution in [3.8, 4) is 22.6 Å². The molecule has 0 radical (unpaired) electrons. The lowest BCUT2D eigenvalue weighted by atomic mass is 10.1. The number of hydrogen-bond acceptors (Lipinski definition) is 8. The van der Waals surface area contributed by atoms with Gasteiger partial charge in [-0.15, -0.1) is 5.10 Å². The monoisotopic (exact) mass is 386 g/mol. The number of nitrogens with one attached hydrogen (secondary N) is 1. The lowest BCUT2D eigenvalue weighted by molar-refractivity contribution is -0.384. The van der Waals surface area contributed by atoms with Crippen LogP contribution in [0, 0.1) is 10.1 Å². The number of anilines is 1. The largest absolute Gasteiger partial charge is 0.455 e. The minimum atomic E-state index is -0.448. The van der Waals surface area contributed by atoms with Crippen molar-refractivity contribution in [2.24, 2.45) is 5.10 Å². The highest BCUT2D eigenvalue weighted by molar-refractivity contribution is 5.78. The molecule has 29 heavy (non-hydrogen) atoms. The van der Waals surface area contributed by atoms with Crippen molar-refractivity contribution >= 4 is 17.9 Å².